The molecular formula is C9H11BrO3S. The third-order valence-electron chi connectivity index (χ3n) is 1.78. The maximum Gasteiger partial charge on any atom is 0.179 e. The van der Waals surface area contributed by atoms with Gasteiger partial charge in [-0.25, -0.2) is 8.42 Å². The number of halogens is 1. The van der Waals surface area contributed by atoms with Gasteiger partial charge in [0.05, 0.1) is 7.11 Å². The molecule has 5 heteroatoms. The Morgan fingerprint density at radius 1 is 1.43 bits per heavy atom. The Labute approximate surface area is 92.1 Å². The van der Waals surface area contributed by atoms with Gasteiger partial charge in [0, 0.05) is 11.6 Å². The van der Waals surface area contributed by atoms with Gasteiger partial charge in [-0.2, -0.15) is 0 Å². The highest BCUT2D eigenvalue weighted by Crippen LogP contribution is 2.25. The highest BCUT2D eigenvalue weighted by atomic mass is 79.9. The monoisotopic (exact) mass is 278 g/mol. The van der Waals surface area contributed by atoms with Gasteiger partial charge in [-0.15, -0.1) is 0 Å². The maximum absolute atomic E-state index is 11.3. The molecule has 0 saturated heterocycles. The van der Waals surface area contributed by atoms with Crippen molar-refractivity contribution in [3.63, 3.8) is 0 Å². The Balaban J connectivity index is 3.33. The van der Waals surface area contributed by atoms with Gasteiger partial charge >= 0.3 is 0 Å². The molecule has 0 heterocycles. The van der Waals surface area contributed by atoms with Crippen molar-refractivity contribution < 1.29 is 13.2 Å². The van der Waals surface area contributed by atoms with E-state index in [4.69, 9.17) is 4.74 Å². The molecule has 0 aliphatic heterocycles. The van der Waals surface area contributed by atoms with Gasteiger partial charge < -0.3 is 4.74 Å². The van der Waals surface area contributed by atoms with Crippen LogP contribution in [0.3, 0.4) is 0 Å². The van der Waals surface area contributed by atoms with Crippen molar-refractivity contribution in [2.24, 2.45) is 0 Å². The van der Waals surface area contributed by atoms with E-state index in [1.807, 2.05) is 0 Å². The van der Waals surface area contributed by atoms with E-state index in [1.54, 1.807) is 18.2 Å². The van der Waals surface area contributed by atoms with Gasteiger partial charge in [0.25, 0.3) is 0 Å². The summed E-state index contributed by atoms with van der Waals surface area (Å²) in [7, 11) is -1.75. The molecule has 0 aliphatic carbocycles. The van der Waals surface area contributed by atoms with Crippen LogP contribution in [0.25, 0.3) is 0 Å². The molecule has 0 unspecified atom stereocenters. The largest absolute Gasteiger partial charge is 0.495 e. The van der Waals surface area contributed by atoms with Crippen LogP contribution in [-0.4, -0.2) is 21.8 Å². The van der Waals surface area contributed by atoms with Gasteiger partial charge in [0.1, 0.15) is 10.6 Å². The molecule has 3 nitrogen and oxygen atoms in total. The molecule has 0 aromatic heterocycles. The first kappa shape index (κ1) is 11.5. The quantitative estimate of drug-likeness (QED) is 0.795. The third kappa shape index (κ3) is 2.48. The standard InChI is InChI=1S/C9H11BrO3S/c1-13-8-5-7(6-10)3-4-9(8)14(2,11)12/h3-5H,6H2,1-2H3. The molecule has 0 bridgehead atoms. The van der Waals surface area contributed by atoms with Crippen LogP contribution in [-0.2, 0) is 15.2 Å². The number of alkyl halides is 1. The number of methoxy groups -OCH3 is 1. The summed E-state index contributed by atoms with van der Waals surface area (Å²) in [4.78, 5) is 0.227. The topological polar surface area (TPSA) is 43.4 Å². The lowest BCUT2D eigenvalue weighted by molar-refractivity contribution is 0.402. The van der Waals surface area contributed by atoms with Crippen molar-refractivity contribution in [2.45, 2.75) is 10.2 Å². The van der Waals surface area contributed by atoms with Crippen LogP contribution in [0, 0.1) is 0 Å². The zero-order valence-corrected chi connectivity index (χ0v) is 10.4. The Hall–Kier alpha value is -0.550. The fourth-order valence-corrected chi connectivity index (χ4v) is 2.27. The molecule has 0 fully saturated rings. The fraction of sp³-hybridized carbons (Fsp3) is 0.333. The highest BCUT2D eigenvalue weighted by Gasteiger charge is 2.13. The minimum atomic E-state index is -3.21. The number of benzene rings is 1. The predicted molar refractivity (Wildman–Crippen MR) is 58.7 cm³/mol. The lowest BCUT2D eigenvalue weighted by Crippen LogP contribution is -2.01. The maximum atomic E-state index is 11.3. The SMILES string of the molecule is COc1cc(CBr)ccc1S(C)(=O)=O. The number of ether oxygens (including phenoxy) is 1. The third-order valence-corrected chi connectivity index (χ3v) is 3.57. The molecule has 0 amide bonds. The van der Waals surface area contributed by atoms with E-state index >= 15 is 0 Å². The molecule has 78 valence electrons. The number of sulfone groups is 1. The summed E-state index contributed by atoms with van der Waals surface area (Å²) >= 11 is 3.29. The van der Waals surface area contributed by atoms with E-state index in [2.05, 4.69) is 15.9 Å². The first-order valence-corrected chi connectivity index (χ1v) is 6.93. The van der Waals surface area contributed by atoms with E-state index < -0.39 is 9.84 Å². The summed E-state index contributed by atoms with van der Waals surface area (Å²) in [5.74, 6) is 0.393. The zero-order valence-electron chi connectivity index (χ0n) is 7.95. The van der Waals surface area contributed by atoms with E-state index in [9.17, 15) is 8.42 Å². The minimum Gasteiger partial charge on any atom is -0.495 e. The second kappa shape index (κ2) is 4.31. The van der Waals surface area contributed by atoms with Gasteiger partial charge in [-0.05, 0) is 17.7 Å². The Morgan fingerprint density at radius 2 is 2.07 bits per heavy atom. The van der Waals surface area contributed by atoms with Gasteiger partial charge in [0.2, 0.25) is 0 Å². The molecular weight excluding hydrogens is 268 g/mol. The highest BCUT2D eigenvalue weighted by molar-refractivity contribution is 9.08. The molecule has 0 spiro atoms. The number of hydrogen-bond donors (Lipinski definition) is 0. The molecule has 14 heavy (non-hydrogen) atoms. The van der Waals surface area contributed by atoms with Crippen molar-refractivity contribution in [3.8, 4) is 5.75 Å². The smallest absolute Gasteiger partial charge is 0.179 e. The predicted octanol–water partition coefficient (Wildman–Crippen LogP) is 1.99. The molecule has 0 radical (unpaired) electrons. The molecule has 0 N–H and O–H groups in total. The van der Waals surface area contributed by atoms with Gasteiger partial charge in [-0.3, -0.25) is 0 Å². The molecule has 1 rings (SSSR count). The zero-order chi connectivity index (χ0) is 10.8. The average molecular weight is 279 g/mol. The van der Waals surface area contributed by atoms with Gasteiger partial charge in [-0.1, -0.05) is 22.0 Å². The molecule has 1 aromatic carbocycles. The van der Waals surface area contributed by atoms with Gasteiger partial charge in [0.15, 0.2) is 9.84 Å². The molecule has 1 aromatic rings. The minimum absolute atomic E-state index is 0.227. The summed E-state index contributed by atoms with van der Waals surface area (Å²) in [5, 5.41) is 0.674. The summed E-state index contributed by atoms with van der Waals surface area (Å²) in [6, 6.07) is 5.03. The van der Waals surface area contributed by atoms with E-state index in [0.29, 0.717) is 11.1 Å². The second-order valence-corrected chi connectivity index (χ2v) is 5.44. The normalized spacial score (nSPS) is 11.4. The first-order chi connectivity index (χ1) is 6.49. The Bertz CT molecular complexity index is 426. The summed E-state index contributed by atoms with van der Waals surface area (Å²) < 4.78 is 27.7. The Morgan fingerprint density at radius 3 is 2.50 bits per heavy atom. The average Bonchev–Trinajstić information content (AvgIpc) is 2.15. The van der Waals surface area contributed by atoms with Crippen molar-refractivity contribution in [1.82, 2.24) is 0 Å². The van der Waals surface area contributed by atoms with Crippen LogP contribution < -0.4 is 4.74 Å². The Kier molecular flexibility index (Phi) is 3.55. The van der Waals surface area contributed by atoms with E-state index in [1.165, 1.54) is 13.4 Å². The molecule has 0 saturated carbocycles. The van der Waals surface area contributed by atoms with Crippen LogP contribution in [0.2, 0.25) is 0 Å². The lowest BCUT2D eigenvalue weighted by atomic mass is 10.2. The van der Waals surface area contributed by atoms with Crippen LogP contribution in [0.15, 0.2) is 23.1 Å². The van der Waals surface area contributed by atoms with E-state index in [-0.39, 0.29) is 4.90 Å². The van der Waals surface area contributed by atoms with Crippen LogP contribution in [0.1, 0.15) is 5.56 Å². The van der Waals surface area contributed by atoms with Crippen LogP contribution in [0.4, 0.5) is 0 Å². The molecule has 0 aliphatic rings. The van der Waals surface area contributed by atoms with Crippen LogP contribution >= 0.6 is 15.9 Å². The fourth-order valence-electron chi connectivity index (χ4n) is 1.10. The number of hydrogen-bond acceptors (Lipinski definition) is 3. The summed E-state index contributed by atoms with van der Waals surface area (Å²) in [5.41, 5.74) is 0.981. The molecule has 0 atom stereocenters. The van der Waals surface area contributed by atoms with Crippen molar-refractivity contribution in [2.75, 3.05) is 13.4 Å². The van der Waals surface area contributed by atoms with Crippen LogP contribution in [0.5, 0.6) is 5.75 Å². The summed E-state index contributed by atoms with van der Waals surface area (Å²) in [6.07, 6.45) is 1.17. The van der Waals surface area contributed by atoms with Crippen molar-refractivity contribution in [1.29, 1.82) is 0 Å². The first-order valence-electron chi connectivity index (χ1n) is 3.92. The lowest BCUT2D eigenvalue weighted by Gasteiger charge is -2.07. The second-order valence-electron chi connectivity index (χ2n) is 2.89. The van der Waals surface area contributed by atoms with E-state index in [0.717, 1.165) is 5.56 Å². The van der Waals surface area contributed by atoms with Crippen molar-refractivity contribution in [3.05, 3.63) is 23.8 Å². The summed E-state index contributed by atoms with van der Waals surface area (Å²) in [6.45, 7) is 0. The van der Waals surface area contributed by atoms with Crippen molar-refractivity contribution >= 4 is 25.8 Å². The number of rotatable bonds is 3.